The highest BCUT2D eigenvalue weighted by Gasteiger charge is 2.43. The van der Waals surface area contributed by atoms with Gasteiger partial charge in [-0.1, -0.05) is 32.6 Å². The van der Waals surface area contributed by atoms with Crippen molar-refractivity contribution in [3.8, 4) is 12.3 Å². The Kier molecular flexibility index (Phi) is 5.68. The average Bonchev–Trinajstić information content (AvgIpc) is 2.35. The van der Waals surface area contributed by atoms with Gasteiger partial charge in [0.05, 0.1) is 13.7 Å². The lowest BCUT2D eigenvalue weighted by molar-refractivity contribution is -0.151. The first kappa shape index (κ1) is 15.0. The third-order valence-corrected chi connectivity index (χ3v) is 3.76. The number of nitrogens with one attached hydrogen (secondary N) is 1. The second-order valence-corrected chi connectivity index (χ2v) is 5.72. The zero-order valence-corrected chi connectivity index (χ0v) is 11.8. The van der Waals surface area contributed by atoms with Crippen LogP contribution in [-0.4, -0.2) is 25.2 Å². The van der Waals surface area contributed by atoms with Crippen molar-refractivity contribution in [3.63, 3.8) is 0 Å². The lowest BCUT2D eigenvalue weighted by Crippen LogP contribution is -2.55. The van der Waals surface area contributed by atoms with E-state index < -0.39 is 5.54 Å². The number of hydrogen-bond acceptors (Lipinski definition) is 3. The molecule has 1 aliphatic rings. The molecule has 0 bridgehead atoms. The van der Waals surface area contributed by atoms with Gasteiger partial charge in [-0.25, -0.2) is 0 Å². The Morgan fingerprint density at radius 1 is 1.61 bits per heavy atom. The molecule has 1 aliphatic carbocycles. The minimum Gasteiger partial charge on any atom is -0.468 e. The molecule has 1 fully saturated rings. The van der Waals surface area contributed by atoms with Crippen LogP contribution in [0.5, 0.6) is 0 Å². The first-order valence-electron chi connectivity index (χ1n) is 6.81. The van der Waals surface area contributed by atoms with Gasteiger partial charge in [-0.3, -0.25) is 10.1 Å². The summed E-state index contributed by atoms with van der Waals surface area (Å²) in [5, 5.41) is 3.23. The van der Waals surface area contributed by atoms with Crippen molar-refractivity contribution < 1.29 is 9.53 Å². The van der Waals surface area contributed by atoms with Crippen LogP contribution >= 0.6 is 0 Å². The van der Waals surface area contributed by atoms with Crippen molar-refractivity contribution in [2.75, 3.05) is 13.7 Å². The molecule has 3 heteroatoms. The molecule has 0 aliphatic heterocycles. The quantitative estimate of drug-likeness (QED) is 0.602. The molecule has 1 saturated carbocycles. The fraction of sp³-hybridized carbons (Fsp3) is 0.800. The molecule has 3 nitrogen and oxygen atoms in total. The fourth-order valence-electron chi connectivity index (χ4n) is 3.09. The number of methoxy groups -OCH3 is 1. The Morgan fingerprint density at radius 2 is 2.33 bits per heavy atom. The molecule has 1 rings (SSSR count). The highest BCUT2D eigenvalue weighted by atomic mass is 16.5. The largest absolute Gasteiger partial charge is 0.468 e. The topological polar surface area (TPSA) is 38.3 Å². The Balaban J connectivity index is 2.76. The van der Waals surface area contributed by atoms with Crippen molar-refractivity contribution in [1.82, 2.24) is 5.32 Å². The van der Waals surface area contributed by atoms with Crippen LogP contribution in [0, 0.1) is 24.2 Å². The number of carbonyl (C=O) groups is 1. The Bertz CT molecular complexity index is 319. The molecule has 0 saturated heterocycles. The van der Waals surface area contributed by atoms with Crippen molar-refractivity contribution in [2.45, 2.75) is 51.5 Å². The van der Waals surface area contributed by atoms with Crippen LogP contribution < -0.4 is 5.32 Å². The van der Waals surface area contributed by atoms with Gasteiger partial charge >= 0.3 is 5.97 Å². The van der Waals surface area contributed by atoms with E-state index in [1.54, 1.807) is 0 Å². The molecular weight excluding hydrogens is 226 g/mol. The van der Waals surface area contributed by atoms with E-state index in [4.69, 9.17) is 11.2 Å². The van der Waals surface area contributed by atoms with Gasteiger partial charge in [0.15, 0.2) is 0 Å². The molecule has 0 radical (unpaired) electrons. The number of hydrogen-bond donors (Lipinski definition) is 1. The molecule has 0 amide bonds. The molecule has 18 heavy (non-hydrogen) atoms. The SMILES string of the molecule is C#CCNC1(C(=O)OC)CCCC(CC(C)C)C1. The summed E-state index contributed by atoms with van der Waals surface area (Å²) in [7, 11) is 1.45. The third-order valence-electron chi connectivity index (χ3n) is 3.76. The summed E-state index contributed by atoms with van der Waals surface area (Å²) >= 11 is 0. The molecule has 0 aromatic carbocycles. The molecule has 2 unspecified atom stereocenters. The van der Waals surface area contributed by atoms with E-state index in [0.29, 0.717) is 18.4 Å². The Labute approximate surface area is 111 Å². The average molecular weight is 251 g/mol. The van der Waals surface area contributed by atoms with Crippen LogP contribution in [0.4, 0.5) is 0 Å². The van der Waals surface area contributed by atoms with Gasteiger partial charge in [-0.15, -0.1) is 6.42 Å². The predicted octanol–water partition coefficient (Wildman–Crippen LogP) is 2.36. The first-order chi connectivity index (χ1) is 8.54. The molecule has 0 aromatic rings. The molecule has 0 spiro atoms. The van der Waals surface area contributed by atoms with Crippen molar-refractivity contribution in [3.05, 3.63) is 0 Å². The second-order valence-electron chi connectivity index (χ2n) is 5.72. The highest BCUT2D eigenvalue weighted by Crippen LogP contribution is 2.36. The number of rotatable bonds is 5. The molecule has 102 valence electrons. The first-order valence-corrected chi connectivity index (χ1v) is 6.81. The maximum Gasteiger partial charge on any atom is 0.326 e. The van der Waals surface area contributed by atoms with E-state index in [1.165, 1.54) is 13.5 Å². The minimum atomic E-state index is -0.557. The van der Waals surface area contributed by atoms with Gasteiger partial charge in [0.25, 0.3) is 0 Å². The lowest BCUT2D eigenvalue weighted by atomic mass is 9.73. The summed E-state index contributed by atoms with van der Waals surface area (Å²) in [4.78, 5) is 12.1. The van der Waals surface area contributed by atoms with E-state index in [2.05, 4.69) is 25.1 Å². The number of esters is 1. The summed E-state index contributed by atoms with van der Waals surface area (Å²) in [5.41, 5.74) is -0.557. The van der Waals surface area contributed by atoms with Crippen molar-refractivity contribution >= 4 is 5.97 Å². The molecular formula is C15H25NO2. The van der Waals surface area contributed by atoms with Crippen LogP contribution in [0.1, 0.15) is 46.0 Å². The van der Waals surface area contributed by atoms with E-state index in [1.807, 2.05) is 0 Å². The van der Waals surface area contributed by atoms with Crippen LogP contribution in [0.3, 0.4) is 0 Å². The van der Waals surface area contributed by atoms with Crippen molar-refractivity contribution in [1.29, 1.82) is 0 Å². The molecule has 2 atom stereocenters. The number of carbonyl (C=O) groups excluding carboxylic acids is 1. The molecule has 1 N–H and O–H groups in total. The monoisotopic (exact) mass is 251 g/mol. The van der Waals surface area contributed by atoms with Crippen molar-refractivity contribution in [2.24, 2.45) is 11.8 Å². The summed E-state index contributed by atoms with van der Waals surface area (Å²) < 4.78 is 4.97. The zero-order chi connectivity index (χ0) is 13.6. The predicted molar refractivity (Wildman–Crippen MR) is 73.0 cm³/mol. The van der Waals surface area contributed by atoms with Gasteiger partial charge in [0.1, 0.15) is 5.54 Å². The minimum absolute atomic E-state index is 0.161. The van der Waals surface area contributed by atoms with E-state index in [-0.39, 0.29) is 5.97 Å². The maximum absolute atomic E-state index is 12.1. The smallest absolute Gasteiger partial charge is 0.326 e. The van der Waals surface area contributed by atoms with Gasteiger partial charge in [-0.05, 0) is 31.1 Å². The Hall–Kier alpha value is -1.01. The van der Waals surface area contributed by atoms with Gasteiger partial charge in [-0.2, -0.15) is 0 Å². The summed E-state index contributed by atoms with van der Waals surface area (Å²) in [6.45, 7) is 4.87. The highest BCUT2D eigenvalue weighted by molar-refractivity contribution is 5.81. The van der Waals surface area contributed by atoms with E-state index in [9.17, 15) is 4.79 Å². The molecule has 0 heterocycles. The zero-order valence-electron chi connectivity index (χ0n) is 11.8. The third kappa shape index (κ3) is 3.74. The van der Waals surface area contributed by atoms with Crippen LogP contribution in [-0.2, 0) is 9.53 Å². The molecule has 0 aromatic heterocycles. The van der Waals surface area contributed by atoms with E-state index >= 15 is 0 Å². The maximum atomic E-state index is 12.1. The summed E-state index contributed by atoms with van der Waals surface area (Å²) in [6.07, 6.45) is 10.4. The van der Waals surface area contributed by atoms with Gasteiger partial charge in [0, 0.05) is 0 Å². The van der Waals surface area contributed by atoms with E-state index in [0.717, 1.165) is 25.7 Å². The lowest BCUT2D eigenvalue weighted by Gasteiger charge is -2.39. The standard InChI is InChI=1S/C15H25NO2/c1-5-9-16-15(14(17)18-4)8-6-7-13(11-15)10-12(2)3/h1,12-13,16H,6-11H2,2-4H3. The summed E-state index contributed by atoms with van der Waals surface area (Å²) in [5.74, 6) is 3.64. The van der Waals surface area contributed by atoms with Crippen LogP contribution in [0.25, 0.3) is 0 Å². The number of terminal acetylenes is 1. The van der Waals surface area contributed by atoms with Crippen LogP contribution in [0.15, 0.2) is 0 Å². The normalized spacial score (nSPS) is 27.8. The Morgan fingerprint density at radius 3 is 2.89 bits per heavy atom. The van der Waals surface area contributed by atoms with Crippen LogP contribution in [0.2, 0.25) is 0 Å². The number of ether oxygens (including phenoxy) is 1. The van der Waals surface area contributed by atoms with Gasteiger partial charge < -0.3 is 4.74 Å². The second kappa shape index (κ2) is 6.80. The van der Waals surface area contributed by atoms with Gasteiger partial charge in [0.2, 0.25) is 0 Å². The fourth-order valence-corrected chi connectivity index (χ4v) is 3.09. The summed E-state index contributed by atoms with van der Waals surface area (Å²) in [6, 6.07) is 0.